The number of ether oxygens (including phenoxy) is 4. The number of benzene rings is 7. The van der Waals surface area contributed by atoms with E-state index in [0.717, 1.165) is 6.07 Å². The van der Waals surface area contributed by atoms with Gasteiger partial charge in [0.1, 0.15) is 23.0 Å². The molecule has 9 N–H and O–H groups in total. The first-order valence-corrected chi connectivity index (χ1v) is 16.4. The van der Waals surface area contributed by atoms with E-state index < -0.39 is 42.1 Å². The molecule has 0 fully saturated rings. The lowest BCUT2D eigenvalue weighted by Crippen LogP contribution is -2.30. The summed E-state index contributed by atoms with van der Waals surface area (Å²) in [6, 6.07) is 20.8. The molecule has 0 atom stereocenters. The molecular weight excluding hydrogens is 728 g/mol. The van der Waals surface area contributed by atoms with Crippen LogP contribution >= 0.6 is 0 Å². The van der Waals surface area contributed by atoms with Crippen LogP contribution in [0.5, 0.6) is 23.0 Å². The number of nitrogens with one attached hydrogen (secondary N) is 4. The van der Waals surface area contributed by atoms with Crippen molar-refractivity contribution in [2.24, 2.45) is 11.5 Å². The fourth-order valence-electron chi connectivity index (χ4n) is 6.76. The van der Waals surface area contributed by atoms with Crippen LogP contribution < -0.4 is 46.4 Å². The lowest BCUT2D eigenvalue weighted by Gasteiger charge is -2.22. The summed E-state index contributed by atoms with van der Waals surface area (Å²) in [4.78, 5) is 75.9. The molecule has 0 radical (unpaired) electrons. The molecule has 276 valence electrons. The molecule has 10 rings (SSSR count). The van der Waals surface area contributed by atoms with Gasteiger partial charge in [-0.05, 0) is 107 Å². The third-order valence-electron chi connectivity index (χ3n) is 8.94. The second kappa shape index (κ2) is 13.2. The van der Waals surface area contributed by atoms with E-state index in [0.29, 0.717) is 21.8 Å². The SMILES string of the molecule is N=C1Nc2ccc(cc2)C(=O)NC(=O)c2ccc(cc2)NC(=O)Oc2ccc3c4ccc(OC(N)=O)c5c(OC(N)=O)ccc(c6c(C(=O)O)cc(c2c36)O1)c54. The molecule has 0 saturated carbocycles. The predicted molar refractivity (Wildman–Crippen MR) is 201 cm³/mol. The van der Waals surface area contributed by atoms with E-state index in [1.54, 1.807) is 12.1 Å². The largest absolute Gasteiger partial charge is 0.478 e. The van der Waals surface area contributed by atoms with Gasteiger partial charge in [-0.1, -0.05) is 0 Å². The lowest BCUT2D eigenvalue weighted by atomic mass is 9.86. The van der Waals surface area contributed by atoms with E-state index in [1.165, 1.54) is 72.8 Å². The van der Waals surface area contributed by atoms with Gasteiger partial charge in [0.15, 0.2) is 0 Å². The quantitative estimate of drug-likeness (QED) is 0.0598. The third kappa shape index (κ3) is 6.01. The maximum atomic E-state index is 13.4. The highest BCUT2D eigenvalue weighted by atomic mass is 16.6. The highest BCUT2D eigenvalue weighted by molar-refractivity contribution is 6.38. The molecule has 0 unspecified atom stereocenters. The van der Waals surface area contributed by atoms with Gasteiger partial charge in [-0.2, -0.15) is 0 Å². The van der Waals surface area contributed by atoms with Gasteiger partial charge in [0.2, 0.25) is 0 Å². The molecule has 3 aliphatic heterocycles. The number of rotatable bonds is 3. The first-order valence-electron chi connectivity index (χ1n) is 16.4. The number of primary amides is 2. The minimum atomic E-state index is -1.41. The molecule has 3 aliphatic rings. The monoisotopic (exact) mass is 752 g/mol. The van der Waals surface area contributed by atoms with Gasteiger partial charge < -0.3 is 40.8 Å². The summed E-state index contributed by atoms with van der Waals surface area (Å²) < 4.78 is 22.3. The maximum Gasteiger partial charge on any atom is 0.417 e. The summed E-state index contributed by atoms with van der Waals surface area (Å²) in [7, 11) is 0. The first kappa shape index (κ1) is 34.6. The van der Waals surface area contributed by atoms with Crippen LogP contribution in [0.3, 0.4) is 0 Å². The zero-order valence-corrected chi connectivity index (χ0v) is 28.3. The number of nitrogens with two attached hydrogens (primary N) is 2. The number of carbonyl (C=O) groups excluding carboxylic acids is 5. The molecule has 0 saturated heterocycles. The van der Waals surface area contributed by atoms with Crippen molar-refractivity contribution < 1.29 is 52.8 Å². The Balaban J connectivity index is 1.40. The summed E-state index contributed by atoms with van der Waals surface area (Å²) >= 11 is 0. The second-order valence-corrected chi connectivity index (χ2v) is 12.3. The van der Waals surface area contributed by atoms with E-state index in [1.807, 2.05) is 0 Å². The summed E-state index contributed by atoms with van der Waals surface area (Å²) in [6.07, 6.45) is -3.33. The molecule has 56 heavy (non-hydrogen) atoms. The number of fused-ring (bicyclic) bond motifs is 4. The minimum absolute atomic E-state index is 0.0784. The normalized spacial score (nSPS) is 13.2. The Hall–Kier alpha value is -8.47. The Labute approximate surface area is 312 Å². The summed E-state index contributed by atoms with van der Waals surface area (Å²) in [5, 5.41) is 28.9. The molecule has 7 aromatic carbocycles. The third-order valence-corrected chi connectivity index (χ3v) is 8.94. The second-order valence-electron chi connectivity index (χ2n) is 12.3. The van der Waals surface area contributed by atoms with Crippen LogP contribution in [0.4, 0.5) is 25.8 Å². The van der Waals surface area contributed by atoms with Crippen LogP contribution in [0.25, 0.3) is 43.1 Å². The van der Waals surface area contributed by atoms with Gasteiger partial charge in [0, 0.05) is 38.7 Å². The Morgan fingerprint density at radius 3 is 1.68 bits per heavy atom. The van der Waals surface area contributed by atoms with Crippen LogP contribution in [-0.2, 0) is 0 Å². The number of imide groups is 1. The van der Waals surface area contributed by atoms with Gasteiger partial charge in [-0.25, -0.2) is 19.2 Å². The highest BCUT2D eigenvalue weighted by Crippen LogP contribution is 2.50. The van der Waals surface area contributed by atoms with Gasteiger partial charge in [-0.15, -0.1) is 0 Å². The van der Waals surface area contributed by atoms with Crippen molar-refractivity contribution in [3.05, 3.63) is 108 Å². The maximum absolute atomic E-state index is 13.4. The Kier molecular flexibility index (Phi) is 8.15. The van der Waals surface area contributed by atoms with Gasteiger partial charge in [-0.3, -0.25) is 25.6 Å². The molecule has 0 aromatic heterocycles. The molecule has 5 amide bonds. The fraction of sp³-hybridized carbons (Fsp3) is 0. The molecular formula is C39H24N6O11. The number of aromatic carboxylic acids is 1. The molecule has 17 nitrogen and oxygen atoms in total. The van der Waals surface area contributed by atoms with Crippen LogP contribution in [-0.4, -0.2) is 47.2 Å². The summed E-state index contributed by atoms with van der Waals surface area (Å²) in [5.41, 5.74) is 11.2. The van der Waals surface area contributed by atoms with Crippen molar-refractivity contribution in [3.63, 3.8) is 0 Å². The Morgan fingerprint density at radius 2 is 1.11 bits per heavy atom. The van der Waals surface area contributed by atoms with Gasteiger partial charge in [0.05, 0.1) is 16.3 Å². The van der Waals surface area contributed by atoms with Crippen LogP contribution in [0.2, 0.25) is 0 Å². The van der Waals surface area contributed by atoms with Gasteiger partial charge in [0.25, 0.3) is 17.8 Å². The first-order chi connectivity index (χ1) is 26.9. The van der Waals surface area contributed by atoms with Crippen molar-refractivity contribution in [2.75, 3.05) is 10.6 Å². The lowest BCUT2D eigenvalue weighted by molar-refractivity contribution is 0.0697. The average Bonchev–Trinajstić information content (AvgIpc) is 3.14. The van der Waals surface area contributed by atoms with E-state index in [4.69, 9.17) is 35.8 Å². The molecule has 0 spiro atoms. The topological polar surface area (TPSA) is 272 Å². The number of hydrogen-bond donors (Lipinski definition) is 7. The number of carboxylic acids is 1. The molecule has 3 heterocycles. The van der Waals surface area contributed by atoms with Gasteiger partial charge >= 0.3 is 24.2 Å². The summed E-state index contributed by atoms with van der Waals surface area (Å²) in [6.45, 7) is 0. The predicted octanol–water partition coefficient (Wildman–Crippen LogP) is 6.27. The smallest absolute Gasteiger partial charge is 0.417 e. The van der Waals surface area contributed by atoms with Crippen molar-refractivity contribution >= 4 is 96.5 Å². The molecule has 0 aliphatic carbocycles. The Morgan fingerprint density at radius 1 is 0.571 bits per heavy atom. The number of hydrogen-bond acceptors (Lipinski definition) is 11. The Bertz CT molecular complexity index is 2870. The van der Waals surface area contributed by atoms with E-state index >= 15 is 0 Å². The molecule has 17 heteroatoms. The van der Waals surface area contributed by atoms with Crippen molar-refractivity contribution in [3.8, 4) is 23.0 Å². The van der Waals surface area contributed by atoms with Crippen LogP contribution in [0.1, 0.15) is 31.1 Å². The fourth-order valence-corrected chi connectivity index (χ4v) is 6.76. The number of anilines is 2. The van der Waals surface area contributed by atoms with Crippen LogP contribution in [0, 0.1) is 5.41 Å². The van der Waals surface area contributed by atoms with E-state index in [-0.39, 0.29) is 72.3 Å². The number of amidine groups is 1. The zero-order chi connectivity index (χ0) is 39.4. The number of carboxylic acid groups (broad SMARTS) is 1. The van der Waals surface area contributed by atoms with Crippen molar-refractivity contribution in [2.45, 2.75) is 0 Å². The van der Waals surface area contributed by atoms with Crippen molar-refractivity contribution in [1.82, 2.24) is 5.32 Å². The highest BCUT2D eigenvalue weighted by Gasteiger charge is 2.28. The van der Waals surface area contributed by atoms with Crippen LogP contribution in [0.15, 0.2) is 91.0 Å². The van der Waals surface area contributed by atoms with E-state index in [9.17, 15) is 33.9 Å². The zero-order valence-electron chi connectivity index (χ0n) is 28.3. The molecule has 4 bridgehead atoms. The average molecular weight is 753 g/mol. The minimum Gasteiger partial charge on any atom is -0.478 e. The standard InChI is InChI=1S/C39H24N6O11/c40-36-43-18-5-1-16(2-6-18)33(46)45-34(47)17-3-7-19(8-4-17)44-39(52)56-26-13-10-21-20-9-12-24(54-37(41)50)31-25(55-38(42)51)14-11-22(28(20)31)29-23(35(48)49)15-27(53-36)32(26)30(21)29/h1-15H,(H2,40,43)(H2,41,50)(H2,42,51)(H,44,52)(H,48,49)(H,45,46,47). The van der Waals surface area contributed by atoms with Crippen molar-refractivity contribution in [1.29, 1.82) is 5.41 Å². The summed E-state index contributed by atoms with van der Waals surface area (Å²) in [5.74, 6) is -3.29. The molecule has 7 aromatic rings. The number of carbonyl (C=O) groups is 6. The van der Waals surface area contributed by atoms with E-state index in [2.05, 4.69) is 16.0 Å². The number of amides is 5.